The van der Waals surface area contributed by atoms with Crippen LogP contribution < -0.4 is 16.3 Å². The van der Waals surface area contributed by atoms with Gasteiger partial charge >= 0.3 is 17.7 Å². The number of carbonyl (C=O) groups excluding carboxylic acids is 2. The number of fused-ring (bicyclic) bond motifs is 1. The van der Waals surface area contributed by atoms with Gasteiger partial charge in [0.2, 0.25) is 0 Å². The summed E-state index contributed by atoms with van der Waals surface area (Å²) in [5, 5.41) is 15.0. The highest BCUT2D eigenvalue weighted by atomic mass is 16.7. The van der Waals surface area contributed by atoms with E-state index < -0.39 is 18.3 Å². The van der Waals surface area contributed by atoms with Crippen LogP contribution in [0.5, 0.6) is 0 Å². The largest absolute Gasteiger partial charge is 0.465 e. The number of hydrogen-bond acceptors (Lipinski definition) is 8. The number of aromatic nitrogens is 2. The van der Waals surface area contributed by atoms with Crippen molar-refractivity contribution in [3.05, 3.63) is 130 Å². The number of benzene rings is 4. The molecule has 2 saturated heterocycles. The summed E-state index contributed by atoms with van der Waals surface area (Å²) >= 11 is 0. The van der Waals surface area contributed by atoms with Crippen LogP contribution in [0.4, 0.5) is 4.79 Å². The van der Waals surface area contributed by atoms with Crippen molar-refractivity contribution < 1.29 is 28.9 Å². The van der Waals surface area contributed by atoms with E-state index in [1.807, 2.05) is 102 Å². The zero-order valence-corrected chi connectivity index (χ0v) is 30.4. The molecule has 2 amide bonds. The predicted octanol–water partition coefficient (Wildman–Crippen LogP) is 5.73. The molecular formula is C42H47N5O7. The van der Waals surface area contributed by atoms with Crippen LogP contribution in [0, 0.1) is 0 Å². The molecule has 5 aromatic rings. The maximum absolute atomic E-state index is 12.9. The molecule has 4 N–H and O–H groups in total. The van der Waals surface area contributed by atoms with Gasteiger partial charge in [0.05, 0.1) is 36.5 Å². The second-order valence-electron chi connectivity index (χ2n) is 13.8. The SMILES string of the molecule is CCOC(=O)CNC(=O)NCc1ccccc1-c1ccc([C@@H]2O[C@H](CN3CCC(n4c(=O)[nH]c5ccccc54)CC3)C[C@H](c3ccc(CO)cc3)O2)cc1. The number of amides is 2. The molecule has 0 aliphatic carbocycles. The van der Waals surface area contributed by atoms with Crippen molar-refractivity contribution in [2.24, 2.45) is 0 Å². The molecule has 0 unspecified atom stereocenters. The van der Waals surface area contributed by atoms with Crippen molar-refractivity contribution in [2.75, 3.05) is 32.8 Å². The smallest absolute Gasteiger partial charge is 0.326 e. The summed E-state index contributed by atoms with van der Waals surface area (Å²) in [5.74, 6) is -0.489. The number of piperidine rings is 1. The molecule has 12 heteroatoms. The third-order valence-corrected chi connectivity index (χ3v) is 10.3. The lowest BCUT2D eigenvalue weighted by Crippen LogP contribution is -2.43. The minimum Gasteiger partial charge on any atom is -0.465 e. The molecule has 3 heterocycles. The quantitative estimate of drug-likeness (QED) is 0.119. The number of aliphatic hydroxyl groups excluding tert-OH is 1. The summed E-state index contributed by atoms with van der Waals surface area (Å²) in [6.45, 7) is 4.48. The van der Waals surface area contributed by atoms with Gasteiger partial charge in [0, 0.05) is 44.2 Å². The molecule has 2 fully saturated rings. The van der Waals surface area contributed by atoms with Crippen molar-refractivity contribution in [3.63, 3.8) is 0 Å². The summed E-state index contributed by atoms with van der Waals surface area (Å²) < 4.78 is 20.1. The van der Waals surface area contributed by atoms with Crippen molar-refractivity contribution in [1.29, 1.82) is 0 Å². The maximum Gasteiger partial charge on any atom is 0.326 e. The van der Waals surface area contributed by atoms with Crippen LogP contribution in [-0.4, -0.2) is 70.4 Å². The Balaban J connectivity index is 1.03. The van der Waals surface area contributed by atoms with Gasteiger partial charge in [-0.1, -0.05) is 84.9 Å². The number of hydrogen-bond donors (Lipinski definition) is 4. The van der Waals surface area contributed by atoms with Gasteiger partial charge in [0.25, 0.3) is 0 Å². The van der Waals surface area contributed by atoms with E-state index in [0.717, 1.165) is 76.9 Å². The Morgan fingerprint density at radius 2 is 1.61 bits per heavy atom. The lowest BCUT2D eigenvalue weighted by molar-refractivity contribution is -0.253. The van der Waals surface area contributed by atoms with E-state index in [1.54, 1.807) is 6.92 Å². The second-order valence-corrected chi connectivity index (χ2v) is 13.8. The Morgan fingerprint density at radius 1 is 0.889 bits per heavy atom. The third-order valence-electron chi connectivity index (χ3n) is 10.3. The van der Waals surface area contributed by atoms with Gasteiger partial charge in [0.1, 0.15) is 6.54 Å². The number of carbonyl (C=O) groups is 2. The molecule has 0 bridgehead atoms. The van der Waals surface area contributed by atoms with E-state index in [2.05, 4.69) is 20.5 Å². The van der Waals surface area contributed by atoms with Crippen LogP contribution in [0.25, 0.3) is 22.2 Å². The number of nitrogens with zero attached hydrogens (tertiary/aromatic N) is 2. The molecule has 0 saturated carbocycles. The van der Waals surface area contributed by atoms with Crippen molar-refractivity contribution >= 4 is 23.0 Å². The van der Waals surface area contributed by atoms with E-state index in [9.17, 15) is 19.5 Å². The van der Waals surface area contributed by atoms with Gasteiger partial charge < -0.3 is 39.8 Å². The molecule has 54 heavy (non-hydrogen) atoms. The lowest BCUT2D eigenvalue weighted by Gasteiger charge is -2.40. The normalized spacial score (nSPS) is 19.4. The number of aromatic amines is 1. The zero-order chi connectivity index (χ0) is 37.4. The fourth-order valence-electron chi connectivity index (χ4n) is 7.50. The van der Waals surface area contributed by atoms with Gasteiger partial charge in [-0.05, 0) is 59.7 Å². The fraction of sp³-hybridized carbons (Fsp3) is 0.357. The number of esters is 1. The number of H-pyrrole nitrogens is 1. The van der Waals surface area contributed by atoms with Gasteiger partial charge in [-0.2, -0.15) is 0 Å². The fourth-order valence-corrected chi connectivity index (χ4v) is 7.50. The number of aliphatic hydroxyl groups is 1. The molecule has 3 atom stereocenters. The van der Waals surface area contributed by atoms with Crippen molar-refractivity contribution in [3.8, 4) is 11.1 Å². The second kappa shape index (κ2) is 17.3. The molecule has 4 aromatic carbocycles. The third kappa shape index (κ3) is 8.74. The van der Waals surface area contributed by atoms with Crippen LogP contribution in [0.15, 0.2) is 102 Å². The first kappa shape index (κ1) is 37.1. The number of likely N-dealkylation sites (tertiary alicyclic amines) is 1. The Morgan fingerprint density at radius 3 is 2.37 bits per heavy atom. The van der Waals surface area contributed by atoms with E-state index in [-0.39, 0.29) is 50.2 Å². The van der Waals surface area contributed by atoms with Gasteiger partial charge in [-0.15, -0.1) is 0 Å². The number of ether oxygens (including phenoxy) is 3. The standard InChI is InChI=1S/C42H47N5O7/c1-2-52-39(49)25-44-41(50)43-24-32-7-3-4-8-35(32)29-15-17-31(18-16-29)40-53-34(23-38(54-40)30-13-11-28(27-48)12-14-30)26-46-21-19-33(20-22-46)47-37-10-6-5-9-36(37)45-42(47)51/h3-18,33-34,38,40,48H,2,19-27H2,1H3,(H,45,51)(H2,43,44,50)/t34-,38+,40+/m0/s1. The number of para-hydroxylation sites is 2. The van der Waals surface area contributed by atoms with Crippen LogP contribution >= 0.6 is 0 Å². The summed E-state index contributed by atoms with van der Waals surface area (Å²) in [6, 6.07) is 31.4. The lowest BCUT2D eigenvalue weighted by atomic mass is 9.97. The van der Waals surface area contributed by atoms with Crippen molar-refractivity contribution in [2.45, 2.75) is 63.9 Å². The van der Waals surface area contributed by atoms with E-state index in [0.29, 0.717) is 6.42 Å². The molecule has 282 valence electrons. The van der Waals surface area contributed by atoms with E-state index in [4.69, 9.17) is 14.2 Å². The van der Waals surface area contributed by atoms with Gasteiger partial charge in [-0.25, -0.2) is 9.59 Å². The van der Waals surface area contributed by atoms with Crippen molar-refractivity contribution in [1.82, 2.24) is 25.1 Å². The Bertz CT molecular complexity index is 2090. The monoisotopic (exact) mass is 733 g/mol. The molecule has 12 nitrogen and oxygen atoms in total. The molecule has 0 radical (unpaired) electrons. The summed E-state index contributed by atoms with van der Waals surface area (Å²) in [6.07, 6.45) is 1.53. The first-order valence-electron chi connectivity index (χ1n) is 18.7. The average molecular weight is 734 g/mol. The van der Waals surface area contributed by atoms with E-state index in [1.165, 1.54) is 0 Å². The first-order valence-corrected chi connectivity index (χ1v) is 18.7. The first-order chi connectivity index (χ1) is 26.4. The molecular weight excluding hydrogens is 686 g/mol. The highest BCUT2D eigenvalue weighted by molar-refractivity contribution is 5.81. The van der Waals surface area contributed by atoms with Gasteiger partial charge in [-0.3, -0.25) is 9.36 Å². The van der Waals surface area contributed by atoms with Crippen LogP contribution in [0.3, 0.4) is 0 Å². The van der Waals surface area contributed by atoms with Crippen LogP contribution in [0.1, 0.15) is 66.9 Å². The van der Waals surface area contributed by atoms with Crippen LogP contribution in [0.2, 0.25) is 0 Å². The maximum atomic E-state index is 12.9. The van der Waals surface area contributed by atoms with Crippen LogP contribution in [-0.2, 0) is 32.2 Å². The number of urea groups is 1. The topological polar surface area (TPSA) is 147 Å². The highest BCUT2D eigenvalue weighted by Crippen LogP contribution is 2.39. The Kier molecular flexibility index (Phi) is 11.8. The number of imidazole rings is 1. The zero-order valence-electron chi connectivity index (χ0n) is 30.4. The average Bonchev–Trinajstić information content (AvgIpc) is 3.55. The molecule has 0 spiro atoms. The molecule has 7 rings (SSSR count). The summed E-state index contributed by atoms with van der Waals surface area (Å²) in [7, 11) is 0. The Hall–Kier alpha value is -5.27. The number of rotatable bonds is 12. The number of nitrogens with one attached hydrogen (secondary N) is 3. The summed E-state index contributed by atoms with van der Waals surface area (Å²) in [4.78, 5) is 42.2. The van der Waals surface area contributed by atoms with E-state index >= 15 is 0 Å². The minimum absolute atomic E-state index is 0.0188. The highest BCUT2D eigenvalue weighted by Gasteiger charge is 2.34. The minimum atomic E-state index is -0.595. The molecule has 2 aliphatic rings. The Labute approximate surface area is 314 Å². The summed E-state index contributed by atoms with van der Waals surface area (Å²) in [5.41, 5.74) is 7.41. The molecule has 1 aromatic heterocycles. The predicted molar refractivity (Wildman–Crippen MR) is 204 cm³/mol. The molecule has 2 aliphatic heterocycles. The van der Waals surface area contributed by atoms with Gasteiger partial charge in [0.15, 0.2) is 6.29 Å².